The van der Waals surface area contributed by atoms with Gasteiger partial charge in [-0.25, -0.2) is 13.2 Å². The van der Waals surface area contributed by atoms with Gasteiger partial charge in [-0.2, -0.15) is 4.31 Å². The van der Waals surface area contributed by atoms with E-state index in [1.807, 2.05) is 0 Å². The topological polar surface area (TPSA) is 80.8 Å². The number of hydrogen-bond donors (Lipinski definition) is 0. The maximum atomic E-state index is 13.1. The Kier molecular flexibility index (Phi) is 7.28. The molecule has 0 aromatic heterocycles. The van der Waals surface area contributed by atoms with Gasteiger partial charge in [-0.3, -0.25) is 4.79 Å². The molecule has 1 atom stereocenters. The Hall–Kier alpha value is -2.22. The van der Waals surface area contributed by atoms with E-state index in [0.29, 0.717) is 18.7 Å². The first-order valence-corrected chi connectivity index (χ1v) is 11.7. The number of carbonyl (C=O) groups is 2. The van der Waals surface area contributed by atoms with Crippen molar-refractivity contribution in [1.82, 2.24) is 4.31 Å². The van der Waals surface area contributed by atoms with Crippen LogP contribution in [0, 0.1) is 0 Å². The molecular weight excluding hydrogens is 426 g/mol. The van der Waals surface area contributed by atoms with Crippen LogP contribution in [0.5, 0.6) is 0 Å². The van der Waals surface area contributed by atoms with Crippen molar-refractivity contribution >= 4 is 33.4 Å². The first kappa shape index (κ1) is 22.5. The Balaban J connectivity index is 1.80. The van der Waals surface area contributed by atoms with Gasteiger partial charge < -0.3 is 4.74 Å². The second kappa shape index (κ2) is 9.73. The molecule has 2 aromatic rings. The van der Waals surface area contributed by atoms with Gasteiger partial charge in [0, 0.05) is 18.7 Å². The Labute approximate surface area is 181 Å². The van der Waals surface area contributed by atoms with Crippen LogP contribution < -0.4 is 0 Å². The maximum absolute atomic E-state index is 13.1. The minimum Gasteiger partial charge on any atom is -0.451 e. The summed E-state index contributed by atoms with van der Waals surface area (Å²) in [7, 11) is -3.83. The molecule has 2 aromatic carbocycles. The number of Topliss-reactive ketones (excluding diaryl/α,β-unsaturated/α-hetero) is 1. The summed E-state index contributed by atoms with van der Waals surface area (Å²) in [5, 5.41) is 0.0456. The summed E-state index contributed by atoms with van der Waals surface area (Å²) in [6, 6.07) is 12.5. The van der Waals surface area contributed by atoms with Crippen LogP contribution in [0.4, 0.5) is 0 Å². The van der Waals surface area contributed by atoms with E-state index in [0.717, 1.165) is 25.7 Å². The second-order valence-electron chi connectivity index (χ2n) is 7.24. The number of carbonyl (C=O) groups excluding carboxylic acids is 2. The number of halogens is 1. The lowest BCUT2D eigenvalue weighted by Gasteiger charge is -2.21. The van der Waals surface area contributed by atoms with Crippen molar-refractivity contribution in [2.75, 3.05) is 13.1 Å². The van der Waals surface area contributed by atoms with E-state index in [9.17, 15) is 18.0 Å². The number of benzene rings is 2. The fraction of sp³-hybridized carbons (Fsp3) is 0.364. The highest BCUT2D eigenvalue weighted by Gasteiger charge is 2.29. The minimum atomic E-state index is -3.83. The lowest BCUT2D eigenvalue weighted by atomic mass is 10.1. The van der Waals surface area contributed by atoms with Crippen LogP contribution in [0.25, 0.3) is 0 Å². The molecule has 0 spiro atoms. The van der Waals surface area contributed by atoms with E-state index < -0.39 is 22.1 Å². The molecule has 160 valence electrons. The van der Waals surface area contributed by atoms with Crippen LogP contribution in [-0.4, -0.2) is 43.7 Å². The van der Waals surface area contributed by atoms with Gasteiger partial charge in [0.25, 0.3) is 0 Å². The highest BCUT2D eigenvalue weighted by atomic mass is 35.5. The quantitative estimate of drug-likeness (QED) is 0.484. The Morgan fingerprint density at radius 1 is 0.967 bits per heavy atom. The minimum absolute atomic E-state index is 0.0282. The number of esters is 1. The zero-order chi connectivity index (χ0) is 21.7. The molecule has 6 nitrogen and oxygen atoms in total. The van der Waals surface area contributed by atoms with Crippen molar-refractivity contribution < 1.29 is 22.7 Å². The summed E-state index contributed by atoms with van der Waals surface area (Å²) in [6.07, 6.45) is 2.54. The first-order chi connectivity index (χ1) is 14.3. The van der Waals surface area contributed by atoms with E-state index in [1.165, 1.54) is 29.4 Å². The average Bonchev–Trinajstić information content (AvgIpc) is 3.04. The van der Waals surface area contributed by atoms with Crippen molar-refractivity contribution in [3.8, 4) is 0 Å². The molecule has 8 heteroatoms. The van der Waals surface area contributed by atoms with Gasteiger partial charge in [0.1, 0.15) is 4.90 Å². The van der Waals surface area contributed by atoms with Crippen LogP contribution in [0.15, 0.2) is 53.4 Å². The van der Waals surface area contributed by atoms with Crippen molar-refractivity contribution in [1.29, 1.82) is 0 Å². The summed E-state index contributed by atoms with van der Waals surface area (Å²) in [6.45, 7) is 2.34. The second-order valence-corrected chi connectivity index (χ2v) is 9.55. The first-order valence-electron chi connectivity index (χ1n) is 9.90. The van der Waals surface area contributed by atoms with E-state index in [-0.39, 0.29) is 21.3 Å². The number of ketones is 1. The van der Waals surface area contributed by atoms with E-state index >= 15 is 0 Å². The molecule has 1 aliphatic heterocycles. The molecule has 1 heterocycles. The zero-order valence-corrected chi connectivity index (χ0v) is 18.3. The van der Waals surface area contributed by atoms with Crippen LogP contribution in [0.3, 0.4) is 0 Å². The predicted molar refractivity (Wildman–Crippen MR) is 114 cm³/mol. The van der Waals surface area contributed by atoms with Crippen molar-refractivity contribution in [3.05, 3.63) is 64.7 Å². The average molecular weight is 450 g/mol. The third kappa shape index (κ3) is 5.09. The number of sulfonamides is 1. The van der Waals surface area contributed by atoms with Gasteiger partial charge in [-0.15, -0.1) is 0 Å². The van der Waals surface area contributed by atoms with Crippen LogP contribution in [0.2, 0.25) is 5.02 Å². The van der Waals surface area contributed by atoms with E-state index in [2.05, 4.69) is 0 Å². The third-order valence-corrected chi connectivity index (χ3v) is 7.44. The molecule has 0 bridgehead atoms. The predicted octanol–water partition coefficient (Wildman–Crippen LogP) is 4.33. The number of rotatable bonds is 6. The number of nitrogens with zero attached hydrogens (tertiary/aromatic N) is 1. The van der Waals surface area contributed by atoms with Crippen LogP contribution >= 0.6 is 11.6 Å². The molecule has 3 rings (SSSR count). The number of ether oxygens (including phenoxy) is 1. The molecule has 0 saturated carbocycles. The molecule has 0 aliphatic carbocycles. The smallest absolute Gasteiger partial charge is 0.338 e. The summed E-state index contributed by atoms with van der Waals surface area (Å²) in [5.74, 6) is -1.12. The summed E-state index contributed by atoms with van der Waals surface area (Å²) < 4.78 is 32.9. The van der Waals surface area contributed by atoms with Gasteiger partial charge in [-0.1, -0.05) is 54.8 Å². The van der Waals surface area contributed by atoms with Crippen molar-refractivity contribution in [2.45, 2.75) is 43.6 Å². The van der Waals surface area contributed by atoms with E-state index in [4.69, 9.17) is 16.3 Å². The third-order valence-electron chi connectivity index (χ3n) is 5.06. The monoisotopic (exact) mass is 449 g/mol. The highest BCUT2D eigenvalue weighted by molar-refractivity contribution is 7.89. The van der Waals surface area contributed by atoms with Gasteiger partial charge in [-0.05, 0) is 38.0 Å². The largest absolute Gasteiger partial charge is 0.451 e. The molecule has 0 N–H and O–H groups in total. The van der Waals surface area contributed by atoms with Gasteiger partial charge in [0.2, 0.25) is 15.8 Å². The molecule has 0 unspecified atom stereocenters. The Bertz CT molecular complexity index is 1020. The molecule has 0 amide bonds. The van der Waals surface area contributed by atoms with Gasteiger partial charge >= 0.3 is 5.97 Å². The highest BCUT2D eigenvalue weighted by Crippen LogP contribution is 2.28. The molecule has 0 radical (unpaired) electrons. The molecule has 1 aliphatic rings. The molecule has 30 heavy (non-hydrogen) atoms. The fourth-order valence-corrected chi connectivity index (χ4v) is 5.39. The lowest BCUT2D eigenvalue weighted by molar-refractivity contribution is 0.0318. The summed E-state index contributed by atoms with van der Waals surface area (Å²) in [4.78, 5) is 24.9. The Morgan fingerprint density at radius 2 is 1.60 bits per heavy atom. The Morgan fingerprint density at radius 3 is 2.23 bits per heavy atom. The normalized spacial score (nSPS) is 16.5. The SMILES string of the molecule is C[C@@H](OC(=O)c1ccc(Cl)c(S(=O)(=O)N2CCCCCC2)c1)C(=O)c1ccccc1. The van der Waals surface area contributed by atoms with Crippen LogP contribution in [-0.2, 0) is 14.8 Å². The standard InChI is InChI=1S/C22H24ClNO5S/c1-16(21(25)17-9-5-4-6-10-17)29-22(26)18-11-12-19(23)20(15-18)30(27,28)24-13-7-2-3-8-14-24/h4-6,9-12,15-16H,2-3,7-8,13-14H2,1H3/t16-/m1/s1. The zero-order valence-electron chi connectivity index (χ0n) is 16.7. The van der Waals surface area contributed by atoms with Crippen molar-refractivity contribution in [3.63, 3.8) is 0 Å². The molecule has 1 saturated heterocycles. The lowest BCUT2D eigenvalue weighted by Crippen LogP contribution is -2.32. The van der Waals surface area contributed by atoms with E-state index in [1.54, 1.807) is 30.3 Å². The summed E-state index contributed by atoms with van der Waals surface area (Å²) in [5.41, 5.74) is 0.457. The molecular formula is C22H24ClNO5S. The summed E-state index contributed by atoms with van der Waals surface area (Å²) >= 11 is 6.17. The maximum Gasteiger partial charge on any atom is 0.338 e. The fourth-order valence-electron chi connectivity index (χ4n) is 3.37. The van der Waals surface area contributed by atoms with Gasteiger partial charge in [0.05, 0.1) is 10.6 Å². The van der Waals surface area contributed by atoms with Crippen molar-refractivity contribution in [2.24, 2.45) is 0 Å². The van der Waals surface area contributed by atoms with Gasteiger partial charge in [0.15, 0.2) is 6.10 Å². The van der Waals surface area contributed by atoms with Crippen LogP contribution in [0.1, 0.15) is 53.3 Å². The molecule has 1 fully saturated rings. The number of hydrogen-bond acceptors (Lipinski definition) is 5.